The third-order valence-electron chi connectivity index (χ3n) is 4.06. The fourth-order valence-corrected chi connectivity index (χ4v) is 3.07. The molecule has 0 aliphatic carbocycles. The van der Waals surface area contributed by atoms with Gasteiger partial charge in [-0.05, 0) is 30.4 Å². The van der Waals surface area contributed by atoms with E-state index in [4.69, 9.17) is 10.5 Å². The van der Waals surface area contributed by atoms with E-state index in [0.29, 0.717) is 5.92 Å². The standard InChI is InChI=1S/C17H27NO2/c1-5-8-13(2)11-17(12-18,16(19)20-4)15-10-7-6-9-14(15)3/h6-7,9-10,13H,5,8,11-12,18H2,1-4H3. The summed E-state index contributed by atoms with van der Waals surface area (Å²) in [6.07, 6.45) is 2.93. The van der Waals surface area contributed by atoms with Crippen molar-refractivity contribution in [3.8, 4) is 0 Å². The Morgan fingerprint density at radius 2 is 2.05 bits per heavy atom. The average molecular weight is 277 g/mol. The monoisotopic (exact) mass is 277 g/mol. The first-order valence-corrected chi connectivity index (χ1v) is 7.36. The number of rotatable bonds is 7. The predicted molar refractivity (Wildman–Crippen MR) is 82.6 cm³/mol. The maximum absolute atomic E-state index is 12.5. The Bertz CT molecular complexity index is 444. The Labute approximate surface area is 122 Å². The highest BCUT2D eigenvalue weighted by Crippen LogP contribution is 2.35. The minimum absolute atomic E-state index is 0.225. The van der Waals surface area contributed by atoms with Crippen LogP contribution in [-0.2, 0) is 14.9 Å². The van der Waals surface area contributed by atoms with E-state index in [2.05, 4.69) is 13.8 Å². The summed E-state index contributed by atoms with van der Waals surface area (Å²) in [7, 11) is 1.44. The molecule has 1 rings (SSSR count). The zero-order valence-corrected chi connectivity index (χ0v) is 13.1. The second-order valence-corrected chi connectivity index (χ2v) is 5.69. The smallest absolute Gasteiger partial charge is 0.317 e. The molecule has 0 radical (unpaired) electrons. The molecule has 0 aromatic heterocycles. The summed E-state index contributed by atoms with van der Waals surface area (Å²) >= 11 is 0. The van der Waals surface area contributed by atoms with Crippen LogP contribution in [0.5, 0.6) is 0 Å². The van der Waals surface area contributed by atoms with Gasteiger partial charge in [0.25, 0.3) is 0 Å². The molecule has 3 heteroatoms. The summed E-state index contributed by atoms with van der Waals surface area (Å²) in [6.45, 7) is 6.63. The lowest BCUT2D eigenvalue weighted by Crippen LogP contribution is -2.45. The predicted octanol–water partition coefficient (Wildman–Crippen LogP) is 3.19. The minimum Gasteiger partial charge on any atom is -0.468 e. The second-order valence-electron chi connectivity index (χ2n) is 5.69. The summed E-state index contributed by atoms with van der Waals surface area (Å²) < 4.78 is 5.08. The van der Waals surface area contributed by atoms with Gasteiger partial charge in [-0.25, -0.2) is 0 Å². The topological polar surface area (TPSA) is 52.3 Å². The number of hydrogen-bond donors (Lipinski definition) is 1. The van der Waals surface area contributed by atoms with E-state index in [1.54, 1.807) is 0 Å². The third kappa shape index (κ3) is 3.40. The molecular weight excluding hydrogens is 250 g/mol. The minimum atomic E-state index is -0.728. The molecule has 0 amide bonds. The Morgan fingerprint density at radius 1 is 1.40 bits per heavy atom. The van der Waals surface area contributed by atoms with E-state index >= 15 is 0 Å². The van der Waals surface area contributed by atoms with E-state index in [1.165, 1.54) is 7.11 Å². The quantitative estimate of drug-likeness (QED) is 0.779. The lowest BCUT2D eigenvalue weighted by molar-refractivity contribution is -0.148. The molecule has 0 saturated carbocycles. The number of carbonyl (C=O) groups is 1. The molecule has 2 unspecified atom stereocenters. The molecule has 0 fully saturated rings. The van der Waals surface area contributed by atoms with Gasteiger partial charge in [0.1, 0.15) is 5.41 Å². The van der Waals surface area contributed by atoms with Crippen LogP contribution in [0, 0.1) is 12.8 Å². The van der Waals surface area contributed by atoms with Crippen LogP contribution in [0.2, 0.25) is 0 Å². The summed E-state index contributed by atoms with van der Waals surface area (Å²) in [5, 5.41) is 0. The number of carbonyl (C=O) groups excluding carboxylic acids is 1. The van der Waals surface area contributed by atoms with Gasteiger partial charge in [-0.1, -0.05) is 51.0 Å². The van der Waals surface area contributed by atoms with Gasteiger partial charge in [0.2, 0.25) is 0 Å². The van der Waals surface area contributed by atoms with Crippen molar-refractivity contribution in [2.45, 2.75) is 45.4 Å². The largest absolute Gasteiger partial charge is 0.468 e. The van der Waals surface area contributed by atoms with Crippen LogP contribution >= 0.6 is 0 Å². The molecule has 0 heterocycles. The van der Waals surface area contributed by atoms with Crippen molar-refractivity contribution >= 4 is 5.97 Å². The zero-order chi connectivity index (χ0) is 15.2. The molecule has 20 heavy (non-hydrogen) atoms. The number of hydrogen-bond acceptors (Lipinski definition) is 3. The van der Waals surface area contributed by atoms with Gasteiger partial charge in [-0.2, -0.15) is 0 Å². The van der Waals surface area contributed by atoms with Crippen molar-refractivity contribution in [2.75, 3.05) is 13.7 Å². The fourth-order valence-electron chi connectivity index (χ4n) is 3.07. The lowest BCUT2D eigenvalue weighted by atomic mass is 9.72. The van der Waals surface area contributed by atoms with Crippen LogP contribution in [0.1, 0.15) is 44.2 Å². The zero-order valence-electron chi connectivity index (χ0n) is 13.1. The third-order valence-corrected chi connectivity index (χ3v) is 4.06. The van der Waals surface area contributed by atoms with Gasteiger partial charge < -0.3 is 10.5 Å². The summed E-state index contributed by atoms with van der Waals surface area (Å²) in [5.74, 6) is 0.208. The first-order valence-electron chi connectivity index (χ1n) is 7.36. The molecule has 3 nitrogen and oxygen atoms in total. The van der Waals surface area contributed by atoms with Crippen molar-refractivity contribution < 1.29 is 9.53 Å². The van der Waals surface area contributed by atoms with Crippen LogP contribution in [0.4, 0.5) is 0 Å². The van der Waals surface area contributed by atoms with Crippen LogP contribution in [0.25, 0.3) is 0 Å². The summed E-state index contributed by atoms with van der Waals surface area (Å²) in [5.41, 5.74) is 7.39. The molecule has 2 atom stereocenters. The highest BCUT2D eigenvalue weighted by Gasteiger charge is 2.42. The van der Waals surface area contributed by atoms with Gasteiger partial charge >= 0.3 is 5.97 Å². The van der Waals surface area contributed by atoms with Gasteiger partial charge in [0.15, 0.2) is 0 Å². The maximum Gasteiger partial charge on any atom is 0.317 e. The van der Waals surface area contributed by atoms with E-state index in [1.807, 2.05) is 31.2 Å². The number of aryl methyl sites for hydroxylation is 1. The van der Waals surface area contributed by atoms with Crippen molar-refractivity contribution in [3.05, 3.63) is 35.4 Å². The maximum atomic E-state index is 12.5. The molecule has 112 valence electrons. The molecule has 0 spiro atoms. The van der Waals surface area contributed by atoms with Crippen LogP contribution in [-0.4, -0.2) is 19.6 Å². The second kappa shape index (κ2) is 7.44. The summed E-state index contributed by atoms with van der Waals surface area (Å²) in [6, 6.07) is 7.96. The lowest BCUT2D eigenvalue weighted by Gasteiger charge is -2.33. The van der Waals surface area contributed by atoms with Crippen molar-refractivity contribution in [3.63, 3.8) is 0 Å². The van der Waals surface area contributed by atoms with Crippen molar-refractivity contribution in [1.29, 1.82) is 0 Å². The first kappa shape index (κ1) is 16.7. The Kier molecular flexibility index (Phi) is 6.21. The van der Waals surface area contributed by atoms with Crippen LogP contribution in [0.3, 0.4) is 0 Å². The molecule has 0 aliphatic heterocycles. The Hall–Kier alpha value is -1.35. The number of nitrogens with two attached hydrogens (primary N) is 1. The Balaban J connectivity index is 3.25. The van der Waals surface area contributed by atoms with Crippen LogP contribution in [0.15, 0.2) is 24.3 Å². The number of ether oxygens (including phenoxy) is 1. The molecule has 2 N–H and O–H groups in total. The van der Waals surface area contributed by atoms with E-state index < -0.39 is 5.41 Å². The van der Waals surface area contributed by atoms with Gasteiger partial charge in [0, 0.05) is 6.54 Å². The normalized spacial score (nSPS) is 15.4. The van der Waals surface area contributed by atoms with E-state index in [-0.39, 0.29) is 12.5 Å². The molecular formula is C17H27NO2. The Morgan fingerprint density at radius 3 is 2.55 bits per heavy atom. The molecule has 1 aromatic carbocycles. The van der Waals surface area contributed by atoms with E-state index in [9.17, 15) is 4.79 Å². The molecule has 0 bridgehead atoms. The highest BCUT2D eigenvalue weighted by molar-refractivity contribution is 5.84. The van der Waals surface area contributed by atoms with Gasteiger partial charge in [0.05, 0.1) is 7.11 Å². The van der Waals surface area contributed by atoms with Gasteiger partial charge in [-0.3, -0.25) is 4.79 Å². The molecule has 0 saturated heterocycles. The fraction of sp³-hybridized carbons (Fsp3) is 0.588. The SMILES string of the molecule is CCCC(C)CC(CN)(C(=O)OC)c1ccccc1C. The van der Waals surface area contributed by atoms with Gasteiger partial charge in [-0.15, -0.1) is 0 Å². The van der Waals surface area contributed by atoms with Crippen molar-refractivity contribution in [2.24, 2.45) is 11.7 Å². The molecule has 0 aliphatic rings. The first-order chi connectivity index (χ1) is 9.51. The summed E-state index contributed by atoms with van der Waals surface area (Å²) in [4.78, 5) is 12.5. The molecule has 1 aromatic rings. The number of esters is 1. The van der Waals surface area contributed by atoms with Crippen LogP contribution < -0.4 is 5.73 Å². The number of methoxy groups -OCH3 is 1. The average Bonchev–Trinajstić information content (AvgIpc) is 2.45. The van der Waals surface area contributed by atoms with E-state index in [0.717, 1.165) is 30.4 Å². The highest BCUT2D eigenvalue weighted by atomic mass is 16.5. The number of benzene rings is 1. The van der Waals surface area contributed by atoms with Crippen molar-refractivity contribution in [1.82, 2.24) is 0 Å².